The van der Waals surface area contributed by atoms with Gasteiger partial charge in [-0.3, -0.25) is 0 Å². The summed E-state index contributed by atoms with van der Waals surface area (Å²) in [7, 11) is 0. The molecule has 0 saturated carbocycles. The van der Waals surface area contributed by atoms with Crippen LogP contribution in [0.25, 0.3) is 0 Å². The van der Waals surface area contributed by atoms with Crippen LogP contribution in [0.1, 0.15) is 54.4 Å². The van der Waals surface area contributed by atoms with Gasteiger partial charge in [-0.15, -0.1) is 6.58 Å². The van der Waals surface area contributed by atoms with Crippen LogP contribution in [0.3, 0.4) is 0 Å². The van der Waals surface area contributed by atoms with E-state index in [9.17, 15) is 0 Å². The van der Waals surface area contributed by atoms with E-state index in [1.807, 2.05) is 33.8 Å². The van der Waals surface area contributed by atoms with E-state index in [1.165, 1.54) is 5.57 Å². The summed E-state index contributed by atoms with van der Waals surface area (Å²) in [6, 6.07) is 0. The fourth-order valence-electron chi connectivity index (χ4n) is 0.490. The van der Waals surface area contributed by atoms with Crippen molar-refractivity contribution in [2.24, 2.45) is 0 Å². The van der Waals surface area contributed by atoms with Crippen LogP contribution < -0.4 is 0 Å². The largest absolute Gasteiger partial charge is 0.103 e. The monoisotopic (exact) mass is 170 g/mol. The van der Waals surface area contributed by atoms with Gasteiger partial charge in [-0.1, -0.05) is 45.4 Å². The number of hydrogen-bond acceptors (Lipinski definition) is 0. The first-order valence-electron chi connectivity index (χ1n) is 5.01. The molecule has 0 aromatic rings. The maximum absolute atomic E-state index is 3.63. The normalized spacial score (nSPS) is 6.50. The molecule has 0 atom stereocenters. The summed E-state index contributed by atoms with van der Waals surface area (Å²) in [6.07, 6.45) is 6.41. The van der Waals surface area contributed by atoms with Crippen molar-refractivity contribution in [3.8, 4) is 0 Å². The molecule has 0 heteroatoms. The zero-order valence-corrected chi connectivity index (χ0v) is 9.78. The molecule has 0 N–H and O–H groups in total. The fourth-order valence-corrected chi connectivity index (χ4v) is 0.490. The topological polar surface area (TPSA) is 0 Å². The molecule has 0 aliphatic rings. The minimum atomic E-state index is 1.10. The molecule has 0 spiro atoms. The van der Waals surface area contributed by atoms with Crippen LogP contribution in [0.5, 0.6) is 0 Å². The summed E-state index contributed by atoms with van der Waals surface area (Å²) in [5.74, 6) is 0. The quantitative estimate of drug-likeness (QED) is 0.414. The van der Waals surface area contributed by atoms with E-state index in [1.54, 1.807) is 0 Å². The third kappa shape index (κ3) is 34.0. The second-order valence-corrected chi connectivity index (χ2v) is 2.15. The Morgan fingerprint density at radius 1 is 1.00 bits per heavy atom. The van der Waals surface area contributed by atoms with Gasteiger partial charge in [-0.05, 0) is 26.7 Å². The Bertz CT molecular complexity index is 84.2. The first-order valence-corrected chi connectivity index (χ1v) is 5.01. The van der Waals surface area contributed by atoms with E-state index < -0.39 is 0 Å². The van der Waals surface area contributed by atoms with Crippen LogP contribution in [0.15, 0.2) is 24.3 Å². The number of rotatable bonds is 3. The number of hydrogen-bond donors (Lipinski definition) is 0. The Morgan fingerprint density at radius 2 is 1.42 bits per heavy atom. The highest BCUT2D eigenvalue weighted by molar-refractivity contribution is 4.93. The highest BCUT2D eigenvalue weighted by Gasteiger charge is 1.75. The van der Waals surface area contributed by atoms with Crippen molar-refractivity contribution in [3.05, 3.63) is 24.3 Å². The van der Waals surface area contributed by atoms with Gasteiger partial charge in [0.15, 0.2) is 0 Å². The van der Waals surface area contributed by atoms with E-state index in [0.717, 1.165) is 12.8 Å². The van der Waals surface area contributed by atoms with Gasteiger partial charge in [0.1, 0.15) is 0 Å². The van der Waals surface area contributed by atoms with Gasteiger partial charge in [0, 0.05) is 0 Å². The molecule has 0 aliphatic carbocycles. The molecule has 0 fully saturated rings. The molecule has 0 rings (SSSR count). The van der Waals surface area contributed by atoms with Crippen LogP contribution >= 0.6 is 0 Å². The highest BCUT2D eigenvalue weighted by Crippen LogP contribution is 1.95. The molecule has 0 aliphatic heterocycles. The average Bonchev–Trinajstić information content (AvgIpc) is 2.12. The predicted octanol–water partition coefficient (Wildman–Crippen LogP) is 4.97. The minimum absolute atomic E-state index is 1.10. The molecular formula is C12H26. The lowest BCUT2D eigenvalue weighted by molar-refractivity contribution is 1.04. The lowest BCUT2D eigenvalue weighted by atomic mass is 10.2. The third-order valence-corrected chi connectivity index (χ3v) is 0.923. The summed E-state index contributed by atoms with van der Waals surface area (Å²) in [6.45, 7) is 15.9. The van der Waals surface area contributed by atoms with E-state index >= 15 is 0 Å². The van der Waals surface area contributed by atoms with E-state index in [0.29, 0.717) is 0 Å². The van der Waals surface area contributed by atoms with Crippen LogP contribution in [-0.4, -0.2) is 0 Å². The molecule has 0 unspecified atom stereocenters. The first kappa shape index (κ1) is 17.5. The molecule has 0 aromatic heterocycles. The molecule has 0 bridgehead atoms. The molecule has 0 saturated heterocycles. The molecular weight excluding hydrogens is 144 g/mol. The maximum Gasteiger partial charge on any atom is -0.0314 e. The van der Waals surface area contributed by atoms with E-state index in [2.05, 4.69) is 26.5 Å². The lowest BCUT2D eigenvalue weighted by Gasteiger charge is -1.86. The van der Waals surface area contributed by atoms with Gasteiger partial charge in [0.25, 0.3) is 0 Å². The fraction of sp³-hybridized carbons (Fsp3) is 0.667. The second-order valence-electron chi connectivity index (χ2n) is 2.15. The van der Waals surface area contributed by atoms with E-state index in [4.69, 9.17) is 0 Å². The van der Waals surface area contributed by atoms with Crippen molar-refractivity contribution < 1.29 is 0 Å². The van der Waals surface area contributed by atoms with Crippen LogP contribution in [0.2, 0.25) is 0 Å². The summed E-state index contributed by atoms with van der Waals surface area (Å²) in [5.41, 5.74) is 1.40. The van der Waals surface area contributed by atoms with Crippen LogP contribution in [0, 0.1) is 0 Å². The van der Waals surface area contributed by atoms with Crippen LogP contribution in [-0.2, 0) is 0 Å². The van der Waals surface area contributed by atoms with Gasteiger partial charge in [-0.2, -0.15) is 0 Å². The summed E-state index contributed by atoms with van der Waals surface area (Å²) >= 11 is 0. The Labute approximate surface area is 79.4 Å². The van der Waals surface area contributed by atoms with Crippen LogP contribution in [0.4, 0.5) is 0 Å². The lowest BCUT2D eigenvalue weighted by Crippen LogP contribution is -1.65. The molecule has 0 amide bonds. The van der Waals surface area contributed by atoms with Crippen molar-refractivity contribution >= 4 is 0 Å². The van der Waals surface area contributed by atoms with E-state index in [-0.39, 0.29) is 0 Å². The zero-order valence-electron chi connectivity index (χ0n) is 9.78. The van der Waals surface area contributed by atoms with Crippen molar-refractivity contribution in [2.75, 3.05) is 0 Å². The first-order chi connectivity index (χ1) is 5.77. The standard InChI is InChI=1S/C8H14.2C2H6/c1-4-5-6-7-8(2)3;2*1-2/h4,7H,1,5-6H2,2-3H3;2*1-2H3. The molecule has 0 nitrogen and oxygen atoms in total. The van der Waals surface area contributed by atoms with Gasteiger partial charge < -0.3 is 0 Å². The van der Waals surface area contributed by atoms with Gasteiger partial charge in [0.05, 0.1) is 0 Å². The maximum atomic E-state index is 3.63. The van der Waals surface area contributed by atoms with Crippen molar-refractivity contribution in [1.82, 2.24) is 0 Å². The average molecular weight is 170 g/mol. The Balaban J connectivity index is -0.000000175. The Kier molecular flexibility index (Phi) is 32.8. The van der Waals surface area contributed by atoms with Gasteiger partial charge in [-0.25, -0.2) is 0 Å². The summed E-state index contributed by atoms with van der Waals surface area (Å²) in [5, 5.41) is 0. The van der Waals surface area contributed by atoms with Gasteiger partial charge in [0.2, 0.25) is 0 Å². The van der Waals surface area contributed by atoms with Crippen molar-refractivity contribution in [2.45, 2.75) is 54.4 Å². The van der Waals surface area contributed by atoms with Gasteiger partial charge >= 0.3 is 0 Å². The smallest absolute Gasteiger partial charge is 0.0314 e. The summed E-state index contributed by atoms with van der Waals surface area (Å²) in [4.78, 5) is 0. The molecule has 74 valence electrons. The minimum Gasteiger partial charge on any atom is -0.103 e. The van der Waals surface area contributed by atoms with Crippen molar-refractivity contribution in [3.63, 3.8) is 0 Å². The SMILES string of the molecule is C=CCCC=C(C)C.CC.CC. The number of unbranched alkanes of at least 4 members (excludes halogenated alkanes) is 1. The van der Waals surface area contributed by atoms with Crippen molar-refractivity contribution in [1.29, 1.82) is 0 Å². The number of allylic oxidation sites excluding steroid dienone is 3. The molecule has 0 radical (unpaired) electrons. The Hall–Kier alpha value is -0.520. The third-order valence-electron chi connectivity index (χ3n) is 0.923. The molecule has 12 heavy (non-hydrogen) atoms. The highest BCUT2D eigenvalue weighted by atomic mass is 13.8. The molecule has 0 aromatic carbocycles. The predicted molar refractivity (Wildman–Crippen MR) is 61.6 cm³/mol. The molecule has 0 heterocycles. The second kappa shape index (κ2) is 22.4. The summed E-state index contributed by atoms with van der Waals surface area (Å²) < 4.78 is 0. The zero-order chi connectivity index (χ0) is 10.4. The Morgan fingerprint density at radius 3 is 1.67 bits per heavy atom.